The molecule has 1 radical (unpaired) electrons. The first-order valence-electron chi connectivity index (χ1n) is 4.92. The molecule has 0 saturated carbocycles. The SMILES string of the molecule is C[C](CN1CCCCC1)N(C)C. The van der Waals surface area contributed by atoms with Crippen molar-refractivity contribution in [3.05, 3.63) is 6.04 Å². The molecule has 71 valence electrons. The molecule has 1 rings (SSSR count). The van der Waals surface area contributed by atoms with Gasteiger partial charge in [-0.3, -0.25) is 0 Å². The van der Waals surface area contributed by atoms with E-state index in [0.29, 0.717) is 0 Å². The lowest BCUT2D eigenvalue weighted by molar-refractivity contribution is 0.210. The van der Waals surface area contributed by atoms with E-state index in [1.54, 1.807) is 0 Å². The molecule has 0 aromatic heterocycles. The maximum absolute atomic E-state index is 2.55. The molecule has 2 nitrogen and oxygen atoms in total. The Labute approximate surface area is 76.5 Å². The van der Waals surface area contributed by atoms with Gasteiger partial charge >= 0.3 is 0 Å². The molecule has 1 aliphatic rings. The van der Waals surface area contributed by atoms with Gasteiger partial charge in [0, 0.05) is 12.6 Å². The molecule has 12 heavy (non-hydrogen) atoms. The molecule has 0 amide bonds. The molecule has 0 atom stereocenters. The van der Waals surface area contributed by atoms with Crippen molar-refractivity contribution in [3.8, 4) is 0 Å². The molecule has 1 fully saturated rings. The Balaban J connectivity index is 2.20. The van der Waals surface area contributed by atoms with Crippen molar-refractivity contribution >= 4 is 0 Å². The number of hydrogen-bond donors (Lipinski definition) is 0. The molecule has 0 spiro atoms. The zero-order valence-corrected chi connectivity index (χ0v) is 8.64. The van der Waals surface area contributed by atoms with Gasteiger partial charge in [-0.15, -0.1) is 0 Å². The van der Waals surface area contributed by atoms with E-state index >= 15 is 0 Å². The van der Waals surface area contributed by atoms with E-state index < -0.39 is 0 Å². The minimum atomic E-state index is 1.16. The second-order valence-electron chi connectivity index (χ2n) is 3.97. The van der Waals surface area contributed by atoms with Crippen molar-refractivity contribution in [2.24, 2.45) is 0 Å². The highest BCUT2D eigenvalue weighted by Crippen LogP contribution is 2.12. The summed E-state index contributed by atoms with van der Waals surface area (Å²) in [7, 11) is 4.25. The summed E-state index contributed by atoms with van der Waals surface area (Å²) in [6.45, 7) is 5.97. The van der Waals surface area contributed by atoms with Crippen LogP contribution in [0.4, 0.5) is 0 Å². The molecule has 1 saturated heterocycles. The topological polar surface area (TPSA) is 6.48 Å². The van der Waals surface area contributed by atoms with Gasteiger partial charge in [0.05, 0.1) is 0 Å². The molecule has 1 aliphatic heterocycles. The van der Waals surface area contributed by atoms with Crippen LogP contribution in [0.3, 0.4) is 0 Å². The predicted octanol–water partition coefficient (Wildman–Crippen LogP) is 1.59. The number of piperidine rings is 1. The van der Waals surface area contributed by atoms with Crippen LogP contribution in [-0.4, -0.2) is 43.5 Å². The van der Waals surface area contributed by atoms with Crippen molar-refractivity contribution in [1.82, 2.24) is 9.80 Å². The minimum absolute atomic E-state index is 1.16. The van der Waals surface area contributed by atoms with Crippen molar-refractivity contribution in [3.63, 3.8) is 0 Å². The Morgan fingerprint density at radius 3 is 2.25 bits per heavy atom. The van der Waals surface area contributed by atoms with Crippen LogP contribution in [0.15, 0.2) is 0 Å². The van der Waals surface area contributed by atoms with Gasteiger partial charge in [0.2, 0.25) is 0 Å². The summed E-state index contributed by atoms with van der Waals surface area (Å²) < 4.78 is 0. The second-order valence-corrected chi connectivity index (χ2v) is 3.97. The van der Waals surface area contributed by atoms with Gasteiger partial charge in [-0.1, -0.05) is 6.42 Å². The first kappa shape index (κ1) is 10.0. The maximum atomic E-state index is 2.55. The van der Waals surface area contributed by atoms with E-state index in [1.165, 1.54) is 38.4 Å². The lowest BCUT2D eigenvalue weighted by atomic mass is 10.1. The molecule has 0 aliphatic carbocycles. The molecular formula is C10H21N2. The summed E-state index contributed by atoms with van der Waals surface area (Å²) in [6.07, 6.45) is 4.21. The Hall–Kier alpha value is -0.0800. The van der Waals surface area contributed by atoms with E-state index in [0.717, 1.165) is 6.54 Å². The second kappa shape index (κ2) is 4.83. The monoisotopic (exact) mass is 169 g/mol. The van der Waals surface area contributed by atoms with Crippen LogP contribution in [0.1, 0.15) is 26.2 Å². The summed E-state index contributed by atoms with van der Waals surface area (Å²) in [4.78, 5) is 4.77. The number of rotatable bonds is 3. The van der Waals surface area contributed by atoms with Crippen molar-refractivity contribution in [2.45, 2.75) is 26.2 Å². The van der Waals surface area contributed by atoms with Crippen molar-refractivity contribution in [1.29, 1.82) is 0 Å². The van der Waals surface area contributed by atoms with Crippen LogP contribution in [-0.2, 0) is 0 Å². The van der Waals surface area contributed by atoms with E-state index in [2.05, 4.69) is 30.8 Å². The molecule has 0 unspecified atom stereocenters. The zero-order chi connectivity index (χ0) is 8.97. The molecular weight excluding hydrogens is 148 g/mol. The minimum Gasteiger partial charge on any atom is -0.301 e. The smallest absolute Gasteiger partial charge is 0.0496 e. The predicted molar refractivity (Wildman–Crippen MR) is 52.9 cm³/mol. The van der Waals surface area contributed by atoms with E-state index in [1.807, 2.05) is 0 Å². The highest BCUT2D eigenvalue weighted by Gasteiger charge is 2.14. The average molecular weight is 169 g/mol. The Kier molecular flexibility index (Phi) is 4.02. The number of nitrogens with zero attached hydrogens (tertiary/aromatic N) is 2. The lowest BCUT2D eigenvalue weighted by Gasteiger charge is -2.30. The Bertz CT molecular complexity index is 117. The van der Waals surface area contributed by atoms with Gasteiger partial charge in [0.15, 0.2) is 0 Å². The summed E-state index contributed by atoms with van der Waals surface area (Å²) in [5.41, 5.74) is 0. The highest BCUT2D eigenvalue weighted by molar-refractivity contribution is 4.85. The zero-order valence-electron chi connectivity index (χ0n) is 8.64. The van der Waals surface area contributed by atoms with Gasteiger partial charge in [0.25, 0.3) is 0 Å². The standard InChI is InChI=1S/C10H21N2/c1-10(11(2)3)9-12-7-5-4-6-8-12/h4-9H2,1-3H3. The largest absolute Gasteiger partial charge is 0.301 e. The quantitative estimate of drug-likeness (QED) is 0.633. The van der Waals surface area contributed by atoms with Gasteiger partial charge in [-0.05, 0) is 47.0 Å². The molecule has 0 aromatic carbocycles. The van der Waals surface area contributed by atoms with Gasteiger partial charge in [0.1, 0.15) is 0 Å². The molecule has 2 heteroatoms. The Morgan fingerprint density at radius 1 is 1.17 bits per heavy atom. The van der Waals surface area contributed by atoms with Crippen LogP contribution in [0.5, 0.6) is 0 Å². The molecule has 0 aromatic rings. The van der Waals surface area contributed by atoms with Gasteiger partial charge in [-0.2, -0.15) is 0 Å². The van der Waals surface area contributed by atoms with Crippen molar-refractivity contribution < 1.29 is 0 Å². The Morgan fingerprint density at radius 2 is 1.75 bits per heavy atom. The van der Waals surface area contributed by atoms with Crippen LogP contribution < -0.4 is 0 Å². The summed E-state index contributed by atoms with van der Waals surface area (Å²) in [5.74, 6) is 0. The maximum Gasteiger partial charge on any atom is 0.0496 e. The first-order chi connectivity index (χ1) is 5.70. The number of hydrogen-bond acceptors (Lipinski definition) is 2. The molecule has 1 heterocycles. The summed E-state index contributed by atoms with van der Waals surface area (Å²) in [5, 5.41) is 0. The third-order valence-corrected chi connectivity index (χ3v) is 2.66. The van der Waals surface area contributed by atoms with Crippen LogP contribution in [0.25, 0.3) is 0 Å². The molecule has 0 bridgehead atoms. The van der Waals surface area contributed by atoms with Crippen LogP contribution >= 0.6 is 0 Å². The first-order valence-corrected chi connectivity index (χ1v) is 4.92. The summed E-state index contributed by atoms with van der Waals surface area (Å²) >= 11 is 0. The fourth-order valence-corrected chi connectivity index (χ4v) is 1.58. The lowest BCUT2D eigenvalue weighted by Crippen LogP contribution is -2.36. The summed E-state index contributed by atoms with van der Waals surface area (Å²) in [6, 6.07) is 1.47. The van der Waals surface area contributed by atoms with Crippen LogP contribution in [0, 0.1) is 6.04 Å². The van der Waals surface area contributed by atoms with Gasteiger partial charge < -0.3 is 9.80 Å². The third-order valence-electron chi connectivity index (χ3n) is 2.66. The van der Waals surface area contributed by atoms with Crippen LogP contribution in [0.2, 0.25) is 0 Å². The normalized spacial score (nSPS) is 20.8. The third kappa shape index (κ3) is 3.11. The molecule has 0 N–H and O–H groups in total. The fraction of sp³-hybridized carbons (Fsp3) is 0.900. The van der Waals surface area contributed by atoms with Gasteiger partial charge in [-0.25, -0.2) is 0 Å². The fourth-order valence-electron chi connectivity index (χ4n) is 1.58. The average Bonchev–Trinajstić information content (AvgIpc) is 2.06. The van der Waals surface area contributed by atoms with E-state index in [-0.39, 0.29) is 0 Å². The number of likely N-dealkylation sites (tertiary alicyclic amines) is 1. The van der Waals surface area contributed by atoms with Crippen molar-refractivity contribution in [2.75, 3.05) is 33.7 Å². The number of likely N-dealkylation sites (N-methyl/N-ethyl adjacent to an activating group) is 1. The van der Waals surface area contributed by atoms with E-state index in [4.69, 9.17) is 0 Å². The van der Waals surface area contributed by atoms with E-state index in [9.17, 15) is 0 Å². The highest BCUT2D eigenvalue weighted by atomic mass is 15.2.